The number of alkyl halides is 3. The van der Waals surface area contributed by atoms with Crippen LogP contribution in [0.4, 0.5) is 24.9 Å². The van der Waals surface area contributed by atoms with Crippen LogP contribution in [0.1, 0.15) is 55.7 Å². The Morgan fingerprint density at radius 1 is 1.15 bits per heavy atom. The molecule has 4 aromatic rings. The molecule has 11 heteroatoms. The molecule has 1 aliphatic carbocycles. The number of halogens is 3. The van der Waals surface area contributed by atoms with Crippen molar-refractivity contribution in [1.82, 2.24) is 19.7 Å². The molecule has 0 bridgehead atoms. The van der Waals surface area contributed by atoms with E-state index in [1.165, 1.54) is 31.4 Å². The van der Waals surface area contributed by atoms with Crippen LogP contribution in [0.25, 0.3) is 22.2 Å². The maximum Gasteiger partial charge on any atom is 0.416 e. The Bertz CT molecular complexity index is 1480. The highest BCUT2D eigenvalue weighted by atomic mass is 19.4. The number of aryl methyl sites for hydroxylation is 2. The molecule has 1 saturated carbocycles. The molecule has 1 fully saturated rings. The van der Waals surface area contributed by atoms with Crippen LogP contribution in [-0.2, 0) is 30.9 Å². The molecule has 0 atom stereocenters. The smallest absolute Gasteiger partial charge is 0.393 e. The lowest BCUT2D eigenvalue weighted by Gasteiger charge is -2.14. The van der Waals surface area contributed by atoms with E-state index < -0.39 is 17.6 Å². The van der Waals surface area contributed by atoms with Crippen molar-refractivity contribution in [2.75, 3.05) is 11.1 Å². The van der Waals surface area contributed by atoms with Gasteiger partial charge in [0.05, 0.1) is 29.3 Å². The lowest BCUT2D eigenvalue weighted by Crippen LogP contribution is -2.15. The zero-order chi connectivity index (χ0) is 28.9. The predicted octanol–water partition coefficient (Wildman–Crippen LogP) is 5.69. The summed E-state index contributed by atoms with van der Waals surface area (Å²) in [5.41, 5.74) is 8.58. The molecule has 212 valence electrons. The van der Waals surface area contributed by atoms with Crippen molar-refractivity contribution in [2.45, 2.75) is 64.1 Å². The fourth-order valence-electron chi connectivity index (χ4n) is 4.76. The number of aliphatic hydroxyl groups is 1. The largest absolute Gasteiger partial charge is 0.416 e. The average molecular weight is 555 g/mol. The van der Waals surface area contributed by atoms with Crippen LogP contribution in [0, 0.1) is 0 Å². The summed E-state index contributed by atoms with van der Waals surface area (Å²) >= 11 is 0. The van der Waals surface area contributed by atoms with Crippen molar-refractivity contribution in [3.05, 3.63) is 65.4 Å². The Hall–Kier alpha value is -3.99. The number of nitrogen functional groups attached to an aromatic ring is 1. The van der Waals surface area contributed by atoms with Gasteiger partial charge in [-0.2, -0.15) is 18.3 Å². The van der Waals surface area contributed by atoms with Crippen LogP contribution < -0.4 is 11.1 Å². The number of hydrogen-bond acceptors (Lipinski definition) is 6. The monoisotopic (exact) mass is 554 g/mol. The maximum atomic E-state index is 12.9. The Labute approximate surface area is 230 Å². The van der Waals surface area contributed by atoms with Gasteiger partial charge in [-0.25, -0.2) is 9.97 Å². The summed E-state index contributed by atoms with van der Waals surface area (Å²) in [6.07, 6.45) is 3.65. The van der Waals surface area contributed by atoms with Crippen LogP contribution in [0.2, 0.25) is 0 Å². The van der Waals surface area contributed by atoms with Gasteiger partial charge >= 0.3 is 6.18 Å². The first-order valence-electron chi connectivity index (χ1n) is 13.3. The minimum absolute atomic E-state index is 0.0359. The van der Waals surface area contributed by atoms with Crippen molar-refractivity contribution in [1.29, 1.82) is 0 Å². The van der Waals surface area contributed by atoms with Gasteiger partial charge in [-0.3, -0.25) is 9.48 Å². The molecule has 0 spiro atoms. The lowest BCUT2D eigenvalue weighted by atomic mass is 9.98. The first kappa shape index (κ1) is 29.0. The number of benzene rings is 2. The van der Waals surface area contributed by atoms with Crippen LogP contribution in [-0.4, -0.2) is 36.9 Å². The molecular weight excluding hydrogens is 521 g/mol. The number of nitrogens with two attached hydrogens (primary N) is 1. The molecule has 40 heavy (non-hydrogen) atoms. The highest BCUT2D eigenvalue weighted by molar-refractivity contribution is 5.92. The summed E-state index contributed by atoms with van der Waals surface area (Å²) in [6, 6.07) is 10.3. The number of fused-ring (bicyclic) bond motifs is 1. The quantitative estimate of drug-likeness (QED) is 0.292. The number of carbonyl (C=O) groups excluding carboxylic acids is 1. The molecule has 1 amide bonds. The SMILES string of the molecule is CCc1cc(-c2cc(NC(=O)Cc3cccc(C(F)(F)F)c3)nn2C)cc2cnc(N)nc12.OC1CCCCC1. The standard InChI is InChI=1S/C23H21F3N6O.C6H12O/c1-3-14-9-15(10-16-12-28-22(27)30-21(14)16)18-11-19(31-32(18)2)29-20(33)8-13-5-4-6-17(7-13)23(24,25)26;7-6-4-2-1-3-5-6/h4-7,9-12H,3,8H2,1-2H3,(H2,27,28,30)(H,29,31,33);6-7H,1-5H2. The zero-order valence-electron chi connectivity index (χ0n) is 22.5. The van der Waals surface area contributed by atoms with E-state index in [4.69, 9.17) is 10.8 Å². The van der Waals surface area contributed by atoms with Crippen molar-refractivity contribution < 1.29 is 23.1 Å². The molecule has 0 unspecified atom stereocenters. The van der Waals surface area contributed by atoms with Gasteiger partial charge in [-0.15, -0.1) is 0 Å². The molecule has 4 N–H and O–H groups in total. The second kappa shape index (κ2) is 12.5. The highest BCUT2D eigenvalue weighted by Gasteiger charge is 2.30. The van der Waals surface area contributed by atoms with Gasteiger partial charge in [0.25, 0.3) is 0 Å². The summed E-state index contributed by atoms with van der Waals surface area (Å²) in [4.78, 5) is 20.8. The summed E-state index contributed by atoms with van der Waals surface area (Å²) < 4.78 is 40.3. The van der Waals surface area contributed by atoms with Gasteiger partial charge in [-0.05, 0) is 48.6 Å². The molecule has 0 saturated heterocycles. The van der Waals surface area contributed by atoms with Crippen LogP contribution >= 0.6 is 0 Å². The number of aliphatic hydroxyl groups excluding tert-OH is 1. The normalized spacial score (nSPS) is 14.1. The van der Waals surface area contributed by atoms with E-state index in [1.54, 1.807) is 24.0 Å². The number of aromatic nitrogens is 4. The topological polar surface area (TPSA) is 119 Å². The first-order chi connectivity index (χ1) is 19.0. The number of carbonyl (C=O) groups is 1. The third-order valence-corrected chi connectivity index (χ3v) is 6.80. The zero-order valence-corrected chi connectivity index (χ0v) is 22.5. The van der Waals surface area contributed by atoms with Gasteiger partial charge in [0.1, 0.15) is 0 Å². The van der Waals surface area contributed by atoms with E-state index >= 15 is 0 Å². The average Bonchev–Trinajstić information content (AvgIpc) is 3.28. The van der Waals surface area contributed by atoms with Crippen LogP contribution in [0.15, 0.2) is 48.7 Å². The molecule has 0 radical (unpaired) electrons. The predicted molar refractivity (Wildman–Crippen MR) is 148 cm³/mol. The Morgan fingerprint density at radius 2 is 1.90 bits per heavy atom. The Morgan fingerprint density at radius 3 is 2.55 bits per heavy atom. The number of rotatable bonds is 5. The van der Waals surface area contributed by atoms with Crippen LogP contribution in [0.3, 0.4) is 0 Å². The van der Waals surface area contributed by atoms with E-state index in [-0.39, 0.29) is 24.0 Å². The molecule has 1 aliphatic rings. The molecule has 2 heterocycles. The Balaban J connectivity index is 0.000000461. The summed E-state index contributed by atoms with van der Waals surface area (Å²) in [5.74, 6) is 0.0445. The Kier molecular flexibility index (Phi) is 9.03. The summed E-state index contributed by atoms with van der Waals surface area (Å²) in [6.45, 7) is 2.01. The van der Waals surface area contributed by atoms with E-state index in [0.29, 0.717) is 5.82 Å². The van der Waals surface area contributed by atoms with Crippen molar-refractivity contribution in [3.63, 3.8) is 0 Å². The maximum absolute atomic E-state index is 12.9. The summed E-state index contributed by atoms with van der Waals surface area (Å²) in [7, 11) is 1.74. The third-order valence-electron chi connectivity index (χ3n) is 6.80. The lowest BCUT2D eigenvalue weighted by molar-refractivity contribution is -0.137. The molecular formula is C29H33F3N6O2. The fourth-order valence-corrected chi connectivity index (χ4v) is 4.76. The number of nitrogens with one attached hydrogen (secondary N) is 1. The number of anilines is 2. The number of hydrogen-bond donors (Lipinski definition) is 3. The van der Waals surface area contributed by atoms with Gasteiger partial charge in [0.2, 0.25) is 11.9 Å². The van der Waals surface area contributed by atoms with E-state index in [0.717, 1.165) is 59.1 Å². The van der Waals surface area contributed by atoms with Gasteiger partial charge in [0.15, 0.2) is 5.82 Å². The number of nitrogens with zero attached hydrogens (tertiary/aromatic N) is 4. The van der Waals surface area contributed by atoms with Crippen molar-refractivity contribution >= 4 is 28.6 Å². The minimum Gasteiger partial charge on any atom is -0.393 e. The van der Waals surface area contributed by atoms with E-state index in [1.807, 2.05) is 19.1 Å². The molecule has 2 aromatic carbocycles. The van der Waals surface area contributed by atoms with Gasteiger partial charge in [-0.1, -0.05) is 44.4 Å². The summed E-state index contributed by atoms with van der Waals surface area (Å²) in [5, 5.41) is 16.7. The molecule has 5 rings (SSSR count). The second-order valence-electron chi connectivity index (χ2n) is 9.91. The van der Waals surface area contributed by atoms with E-state index in [2.05, 4.69) is 20.4 Å². The third kappa shape index (κ3) is 7.35. The highest BCUT2D eigenvalue weighted by Crippen LogP contribution is 2.30. The van der Waals surface area contributed by atoms with Gasteiger partial charge in [0, 0.05) is 30.3 Å². The first-order valence-corrected chi connectivity index (χ1v) is 13.3. The van der Waals surface area contributed by atoms with Crippen molar-refractivity contribution in [3.8, 4) is 11.3 Å². The number of amides is 1. The fraction of sp³-hybridized carbons (Fsp3) is 0.379. The van der Waals surface area contributed by atoms with Gasteiger partial charge < -0.3 is 16.2 Å². The van der Waals surface area contributed by atoms with E-state index in [9.17, 15) is 18.0 Å². The molecule has 0 aliphatic heterocycles. The second-order valence-corrected chi connectivity index (χ2v) is 9.91. The minimum atomic E-state index is -4.46. The molecule has 8 nitrogen and oxygen atoms in total. The molecule has 2 aromatic heterocycles. The van der Waals surface area contributed by atoms with Crippen LogP contribution in [0.5, 0.6) is 0 Å². The van der Waals surface area contributed by atoms with Crippen molar-refractivity contribution in [2.24, 2.45) is 7.05 Å².